The third-order valence-electron chi connectivity index (χ3n) is 4.17. The van der Waals surface area contributed by atoms with Gasteiger partial charge in [-0.1, -0.05) is 13.3 Å². The van der Waals surface area contributed by atoms with Crippen molar-refractivity contribution >= 4 is 23.6 Å². The maximum absolute atomic E-state index is 12.8. The fourth-order valence-corrected chi connectivity index (χ4v) is 4.25. The molecule has 1 amide bonds. The number of carboxylic acid groups (broad SMARTS) is 1. The van der Waals surface area contributed by atoms with Gasteiger partial charge in [-0.3, -0.25) is 4.79 Å². The van der Waals surface area contributed by atoms with Crippen LogP contribution < -0.4 is 5.32 Å². The lowest BCUT2D eigenvalue weighted by molar-refractivity contribution is -0.154. The quantitative estimate of drug-likeness (QED) is 0.811. The summed E-state index contributed by atoms with van der Waals surface area (Å²) in [6.45, 7) is 3.79. The van der Waals surface area contributed by atoms with Gasteiger partial charge in [0.1, 0.15) is 6.04 Å². The van der Waals surface area contributed by atoms with Gasteiger partial charge in [-0.15, -0.1) is 11.8 Å². The van der Waals surface area contributed by atoms with Crippen LogP contribution in [0, 0.1) is 5.41 Å². The highest BCUT2D eigenvalue weighted by atomic mass is 32.2. The Morgan fingerprint density at radius 3 is 2.68 bits per heavy atom. The van der Waals surface area contributed by atoms with E-state index in [1.807, 2.05) is 0 Å². The fraction of sp³-hybridized carbons (Fsp3) is 0.846. The molecule has 2 rings (SSSR count). The lowest BCUT2D eigenvalue weighted by Crippen LogP contribution is -2.52. The first-order valence-corrected chi connectivity index (χ1v) is 8.08. The Hall–Kier alpha value is -0.750. The van der Waals surface area contributed by atoms with Gasteiger partial charge < -0.3 is 15.3 Å². The number of thioether (sulfide) groups is 1. The maximum Gasteiger partial charge on any atom is 0.327 e. The molecular weight excluding hydrogens is 264 g/mol. The standard InChI is InChI=1S/C13H22N2O3S/c1-2-3-13(4-6-14-7-5-13)12(18)15-9-19-8-10(15)11(16)17/h10,14H,2-9H2,1H3,(H,16,17). The third-order valence-corrected chi connectivity index (χ3v) is 5.18. The van der Waals surface area contributed by atoms with Crippen molar-refractivity contribution < 1.29 is 14.7 Å². The molecule has 108 valence electrons. The average Bonchev–Trinajstić information content (AvgIpc) is 2.88. The molecule has 1 unspecified atom stereocenters. The Bertz CT molecular complexity index is 350. The molecule has 1 atom stereocenters. The predicted molar refractivity (Wildman–Crippen MR) is 75.0 cm³/mol. The zero-order chi connectivity index (χ0) is 13.9. The number of carbonyl (C=O) groups excluding carboxylic acids is 1. The fourth-order valence-electron chi connectivity index (χ4n) is 3.11. The molecule has 2 saturated heterocycles. The molecule has 0 aliphatic carbocycles. The minimum atomic E-state index is -0.876. The van der Waals surface area contributed by atoms with Crippen molar-refractivity contribution in [2.45, 2.75) is 38.6 Å². The van der Waals surface area contributed by atoms with Crippen LogP contribution in [-0.2, 0) is 9.59 Å². The van der Waals surface area contributed by atoms with E-state index in [9.17, 15) is 14.7 Å². The first-order valence-electron chi connectivity index (χ1n) is 6.93. The summed E-state index contributed by atoms with van der Waals surface area (Å²) in [4.78, 5) is 25.7. The topological polar surface area (TPSA) is 69.6 Å². The monoisotopic (exact) mass is 286 g/mol. The Morgan fingerprint density at radius 1 is 1.42 bits per heavy atom. The van der Waals surface area contributed by atoms with E-state index in [2.05, 4.69) is 12.2 Å². The zero-order valence-electron chi connectivity index (χ0n) is 11.4. The summed E-state index contributed by atoms with van der Waals surface area (Å²) < 4.78 is 0. The van der Waals surface area contributed by atoms with Gasteiger partial charge in [0, 0.05) is 5.75 Å². The van der Waals surface area contributed by atoms with Crippen LogP contribution in [0.1, 0.15) is 32.6 Å². The van der Waals surface area contributed by atoms with Crippen LogP contribution in [0.4, 0.5) is 0 Å². The minimum Gasteiger partial charge on any atom is -0.480 e. The van der Waals surface area contributed by atoms with E-state index in [-0.39, 0.29) is 11.3 Å². The summed E-state index contributed by atoms with van der Waals surface area (Å²) in [5.74, 6) is 0.225. The smallest absolute Gasteiger partial charge is 0.327 e. The van der Waals surface area contributed by atoms with Gasteiger partial charge in [0.15, 0.2) is 0 Å². The highest BCUT2D eigenvalue weighted by Gasteiger charge is 2.45. The van der Waals surface area contributed by atoms with Gasteiger partial charge in [-0.25, -0.2) is 4.79 Å². The van der Waals surface area contributed by atoms with E-state index in [4.69, 9.17) is 0 Å². The summed E-state index contributed by atoms with van der Waals surface area (Å²) in [6, 6.07) is -0.638. The lowest BCUT2D eigenvalue weighted by atomic mass is 9.74. The van der Waals surface area contributed by atoms with Crippen LogP contribution in [0.2, 0.25) is 0 Å². The van der Waals surface area contributed by atoms with Crippen LogP contribution >= 0.6 is 11.8 Å². The minimum absolute atomic E-state index is 0.0632. The molecule has 5 nitrogen and oxygen atoms in total. The molecule has 0 bridgehead atoms. The molecule has 19 heavy (non-hydrogen) atoms. The molecule has 6 heteroatoms. The molecule has 0 aromatic heterocycles. The van der Waals surface area contributed by atoms with E-state index in [1.165, 1.54) is 11.8 Å². The van der Waals surface area contributed by atoms with Gasteiger partial charge in [-0.2, -0.15) is 0 Å². The second-order valence-electron chi connectivity index (χ2n) is 5.41. The number of hydrogen-bond donors (Lipinski definition) is 2. The van der Waals surface area contributed by atoms with Crippen LogP contribution in [0.3, 0.4) is 0 Å². The van der Waals surface area contributed by atoms with E-state index >= 15 is 0 Å². The zero-order valence-corrected chi connectivity index (χ0v) is 12.2. The molecule has 0 saturated carbocycles. The Kier molecular flexibility index (Phi) is 4.73. The number of rotatable bonds is 4. The van der Waals surface area contributed by atoms with Crippen molar-refractivity contribution in [3.8, 4) is 0 Å². The molecule has 2 aliphatic rings. The maximum atomic E-state index is 12.8. The first-order chi connectivity index (χ1) is 9.10. The van der Waals surface area contributed by atoms with Crippen molar-refractivity contribution in [3.05, 3.63) is 0 Å². The molecule has 0 radical (unpaired) electrons. The number of hydrogen-bond acceptors (Lipinski definition) is 4. The van der Waals surface area contributed by atoms with Gasteiger partial charge >= 0.3 is 5.97 Å². The number of piperidine rings is 1. The Labute approximate surface area is 118 Å². The summed E-state index contributed by atoms with van der Waals surface area (Å²) in [7, 11) is 0. The van der Waals surface area contributed by atoms with Crippen molar-refractivity contribution in [3.63, 3.8) is 0 Å². The highest BCUT2D eigenvalue weighted by molar-refractivity contribution is 7.99. The molecule has 2 aliphatic heterocycles. The summed E-state index contributed by atoms with van der Waals surface area (Å²) in [6.07, 6.45) is 3.48. The number of nitrogens with zero attached hydrogens (tertiary/aromatic N) is 1. The summed E-state index contributed by atoms with van der Waals surface area (Å²) >= 11 is 1.54. The number of aliphatic carboxylic acids is 1. The average molecular weight is 286 g/mol. The normalized spacial score (nSPS) is 26.4. The predicted octanol–water partition coefficient (Wildman–Crippen LogP) is 1.14. The molecule has 0 aromatic rings. The lowest BCUT2D eigenvalue weighted by Gasteiger charge is -2.39. The highest BCUT2D eigenvalue weighted by Crippen LogP contribution is 2.38. The first kappa shape index (κ1) is 14.7. The van der Waals surface area contributed by atoms with Crippen LogP contribution in [0.5, 0.6) is 0 Å². The number of carbonyl (C=O) groups is 2. The Morgan fingerprint density at radius 2 is 2.11 bits per heavy atom. The number of amides is 1. The third kappa shape index (κ3) is 2.89. The van der Waals surface area contributed by atoms with Crippen molar-refractivity contribution in [2.75, 3.05) is 24.7 Å². The SMILES string of the molecule is CCCC1(C(=O)N2CSCC2C(=O)O)CCNCC1. The second-order valence-corrected chi connectivity index (χ2v) is 6.41. The largest absolute Gasteiger partial charge is 0.480 e. The van der Waals surface area contributed by atoms with Crippen LogP contribution in [0.15, 0.2) is 0 Å². The van der Waals surface area contributed by atoms with Crippen LogP contribution in [0.25, 0.3) is 0 Å². The number of carboxylic acids is 1. The van der Waals surface area contributed by atoms with E-state index in [0.29, 0.717) is 11.6 Å². The molecule has 0 spiro atoms. The van der Waals surface area contributed by atoms with Crippen molar-refractivity contribution in [1.82, 2.24) is 10.2 Å². The van der Waals surface area contributed by atoms with Gasteiger partial charge in [0.05, 0.1) is 11.3 Å². The summed E-state index contributed by atoms with van der Waals surface area (Å²) in [5, 5.41) is 12.5. The van der Waals surface area contributed by atoms with Gasteiger partial charge in [-0.05, 0) is 32.4 Å². The summed E-state index contributed by atoms with van der Waals surface area (Å²) in [5.41, 5.74) is -0.335. The molecule has 2 heterocycles. The van der Waals surface area contributed by atoms with E-state index in [1.54, 1.807) is 4.90 Å². The van der Waals surface area contributed by atoms with Gasteiger partial charge in [0.2, 0.25) is 5.91 Å². The van der Waals surface area contributed by atoms with Gasteiger partial charge in [0.25, 0.3) is 0 Å². The van der Waals surface area contributed by atoms with Crippen molar-refractivity contribution in [2.24, 2.45) is 5.41 Å². The Balaban J connectivity index is 2.16. The second kappa shape index (κ2) is 6.13. The van der Waals surface area contributed by atoms with Crippen molar-refractivity contribution in [1.29, 1.82) is 0 Å². The molecule has 2 fully saturated rings. The van der Waals surface area contributed by atoms with E-state index in [0.717, 1.165) is 38.8 Å². The number of nitrogens with one attached hydrogen (secondary N) is 1. The van der Waals surface area contributed by atoms with Crippen LogP contribution in [-0.4, -0.2) is 52.6 Å². The molecule has 0 aromatic carbocycles. The molecular formula is C13H22N2O3S. The van der Waals surface area contributed by atoms with E-state index < -0.39 is 12.0 Å². The molecule has 2 N–H and O–H groups in total.